The number of hydrogen-bond acceptors (Lipinski definition) is 6. The maximum atomic E-state index is 12.3. The normalized spacial score (nSPS) is 12.0. The number of thioether (sulfide) groups is 1. The number of primary amides is 1. The third-order valence-electron chi connectivity index (χ3n) is 3.32. The van der Waals surface area contributed by atoms with Gasteiger partial charge in [0, 0.05) is 16.6 Å². The van der Waals surface area contributed by atoms with Crippen molar-refractivity contribution in [3.63, 3.8) is 0 Å². The summed E-state index contributed by atoms with van der Waals surface area (Å²) in [5, 5.41) is 6.18. The second kappa shape index (κ2) is 6.98. The second-order valence-corrected chi connectivity index (χ2v) is 7.23. The average Bonchev–Trinajstić information content (AvgIpc) is 3.05. The van der Waals surface area contributed by atoms with E-state index in [2.05, 4.69) is 15.3 Å². The van der Waals surface area contributed by atoms with Gasteiger partial charge in [-0.15, -0.1) is 11.3 Å². The zero-order valence-corrected chi connectivity index (χ0v) is 14.4. The highest BCUT2D eigenvalue weighted by Gasteiger charge is 2.17. The SMILES string of the molecule is C[C@@H](Sc1ncnc2sccc12)C(=O)Nc1ccc(C(N)=O)cc1. The van der Waals surface area contributed by atoms with Gasteiger partial charge in [0.25, 0.3) is 0 Å². The summed E-state index contributed by atoms with van der Waals surface area (Å²) in [5.41, 5.74) is 6.21. The molecule has 2 amide bonds. The fourth-order valence-electron chi connectivity index (χ4n) is 2.04. The Hall–Kier alpha value is -2.45. The molecule has 3 N–H and O–H groups in total. The van der Waals surface area contributed by atoms with E-state index in [-0.39, 0.29) is 11.2 Å². The summed E-state index contributed by atoms with van der Waals surface area (Å²) in [7, 11) is 0. The Balaban J connectivity index is 1.68. The van der Waals surface area contributed by atoms with Crippen molar-refractivity contribution in [1.29, 1.82) is 0 Å². The van der Waals surface area contributed by atoms with E-state index in [0.29, 0.717) is 11.3 Å². The summed E-state index contributed by atoms with van der Waals surface area (Å²) in [6.45, 7) is 1.82. The summed E-state index contributed by atoms with van der Waals surface area (Å²) < 4.78 is 0. The molecule has 6 nitrogen and oxygen atoms in total. The van der Waals surface area contributed by atoms with Crippen molar-refractivity contribution < 1.29 is 9.59 Å². The smallest absolute Gasteiger partial charge is 0.248 e. The number of fused-ring (bicyclic) bond motifs is 1. The van der Waals surface area contributed by atoms with Crippen LogP contribution in [0.15, 0.2) is 47.1 Å². The number of aromatic nitrogens is 2. The minimum absolute atomic E-state index is 0.145. The molecule has 0 unspecified atom stereocenters. The lowest BCUT2D eigenvalue weighted by atomic mass is 10.2. The predicted octanol–water partition coefficient (Wildman–Crippen LogP) is 2.91. The number of anilines is 1. The molecule has 122 valence electrons. The first-order valence-corrected chi connectivity index (χ1v) is 8.86. The Morgan fingerprint density at radius 1 is 1.21 bits per heavy atom. The molecule has 24 heavy (non-hydrogen) atoms. The Morgan fingerprint density at radius 2 is 1.96 bits per heavy atom. The maximum Gasteiger partial charge on any atom is 0.248 e. The van der Waals surface area contributed by atoms with E-state index in [9.17, 15) is 9.59 Å². The minimum Gasteiger partial charge on any atom is -0.366 e. The highest BCUT2D eigenvalue weighted by Crippen LogP contribution is 2.30. The summed E-state index contributed by atoms with van der Waals surface area (Å²) >= 11 is 2.92. The van der Waals surface area contributed by atoms with Crippen LogP contribution < -0.4 is 11.1 Å². The number of benzene rings is 1. The van der Waals surface area contributed by atoms with Gasteiger partial charge in [-0.25, -0.2) is 9.97 Å². The second-order valence-electron chi connectivity index (χ2n) is 5.01. The van der Waals surface area contributed by atoms with Gasteiger partial charge in [0.2, 0.25) is 11.8 Å². The molecular weight excluding hydrogens is 344 g/mol. The molecule has 0 fully saturated rings. The van der Waals surface area contributed by atoms with E-state index in [4.69, 9.17) is 5.73 Å². The molecule has 0 bridgehead atoms. The molecule has 0 saturated heterocycles. The van der Waals surface area contributed by atoms with Gasteiger partial charge in [0.1, 0.15) is 16.2 Å². The Labute approximate surface area is 146 Å². The fourth-order valence-corrected chi connectivity index (χ4v) is 3.74. The molecule has 0 spiro atoms. The van der Waals surface area contributed by atoms with Gasteiger partial charge in [-0.05, 0) is 42.6 Å². The number of nitrogens with two attached hydrogens (primary N) is 1. The molecule has 8 heteroatoms. The number of thiophene rings is 1. The van der Waals surface area contributed by atoms with E-state index in [1.54, 1.807) is 35.6 Å². The van der Waals surface area contributed by atoms with Crippen LogP contribution in [0.2, 0.25) is 0 Å². The summed E-state index contributed by atoms with van der Waals surface area (Å²) in [6, 6.07) is 8.41. The Morgan fingerprint density at radius 3 is 2.67 bits per heavy atom. The summed E-state index contributed by atoms with van der Waals surface area (Å²) in [5.74, 6) is -0.644. The van der Waals surface area contributed by atoms with Crippen molar-refractivity contribution in [1.82, 2.24) is 9.97 Å². The lowest BCUT2D eigenvalue weighted by Gasteiger charge is -2.12. The number of nitrogens with one attached hydrogen (secondary N) is 1. The molecule has 2 heterocycles. The van der Waals surface area contributed by atoms with Gasteiger partial charge in [-0.2, -0.15) is 0 Å². The van der Waals surface area contributed by atoms with Crippen molar-refractivity contribution in [3.8, 4) is 0 Å². The van der Waals surface area contributed by atoms with E-state index < -0.39 is 5.91 Å². The molecule has 2 aromatic heterocycles. The fraction of sp³-hybridized carbons (Fsp3) is 0.125. The van der Waals surface area contributed by atoms with Crippen molar-refractivity contribution in [3.05, 3.63) is 47.6 Å². The van der Waals surface area contributed by atoms with Crippen LogP contribution >= 0.6 is 23.1 Å². The van der Waals surface area contributed by atoms with E-state index in [1.807, 2.05) is 18.4 Å². The van der Waals surface area contributed by atoms with Gasteiger partial charge in [-0.1, -0.05) is 11.8 Å². The molecule has 1 atom stereocenters. The highest BCUT2D eigenvalue weighted by atomic mass is 32.2. The monoisotopic (exact) mass is 358 g/mol. The number of nitrogens with zero attached hydrogens (tertiary/aromatic N) is 2. The van der Waals surface area contributed by atoms with Crippen LogP contribution in [-0.4, -0.2) is 27.0 Å². The molecule has 0 aliphatic carbocycles. The number of carbonyl (C=O) groups excluding carboxylic acids is 2. The van der Waals surface area contributed by atoms with Gasteiger partial charge in [-0.3, -0.25) is 9.59 Å². The molecule has 1 aromatic carbocycles. The molecule has 0 radical (unpaired) electrons. The Kier molecular flexibility index (Phi) is 4.77. The lowest BCUT2D eigenvalue weighted by molar-refractivity contribution is -0.115. The van der Waals surface area contributed by atoms with Crippen LogP contribution in [0.1, 0.15) is 17.3 Å². The third-order valence-corrected chi connectivity index (χ3v) is 5.26. The van der Waals surface area contributed by atoms with Crippen LogP contribution in [0, 0.1) is 0 Å². The summed E-state index contributed by atoms with van der Waals surface area (Å²) in [6.07, 6.45) is 1.51. The molecular formula is C16H14N4O2S2. The maximum absolute atomic E-state index is 12.3. The largest absolute Gasteiger partial charge is 0.366 e. The van der Waals surface area contributed by atoms with Crippen LogP contribution in [0.3, 0.4) is 0 Å². The molecule has 0 aliphatic heterocycles. The van der Waals surface area contributed by atoms with Crippen LogP contribution in [-0.2, 0) is 4.79 Å². The first kappa shape index (κ1) is 16.4. The van der Waals surface area contributed by atoms with Crippen molar-refractivity contribution in [2.24, 2.45) is 5.73 Å². The van der Waals surface area contributed by atoms with E-state index in [1.165, 1.54) is 18.1 Å². The van der Waals surface area contributed by atoms with Gasteiger partial charge < -0.3 is 11.1 Å². The lowest BCUT2D eigenvalue weighted by Crippen LogP contribution is -2.22. The predicted molar refractivity (Wildman–Crippen MR) is 96.3 cm³/mol. The molecule has 0 aliphatic rings. The van der Waals surface area contributed by atoms with Crippen molar-refractivity contribution in [2.45, 2.75) is 17.2 Å². The zero-order valence-electron chi connectivity index (χ0n) is 12.7. The average molecular weight is 358 g/mol. The van der Waals surface area contributed by atoms with Crippen LogP contribution in [0.25, 0.3) is 10.2 Å². The first-order chi connectivity index (χ1) is 11.5. The van der Waals surface area contributed by atoms with E-state index in [0.717, 1.165) is 15.2 Å². The number of carbonyl (C=O) groups is 2. The standard InChI is InChI=1S/C16H14N4O2S2/c1-9(24-16-12-6-7-23-15(12)18-8-19-16)14(22)20-11-4-2-10(3-5-11)13(17)21/h2-9H,1H3,(H2,17,21)(H,20,22)/t9-/m1/s1. The van der Waals surface area contributed by atoms with E-state index >= 15 is 0 Å². The van der Waals surface area contributed by atoms with Crippen LogP contribution in [0.4, 0.5) is 5.69 Å². The zero-order chi connectivity index (χ0) is 17.1. The third kappa shape index (κ3) is 3.55. The molecule has 3 aromatic rings. The first-order valence-electron chi connectivity index (χ1n) is 7.10. The molecule has 3 rings (SSSR count). The number of hydrogen-bond donors (Lipinski definition) is 2. The number of amides is 2. The molecule has 0 saturated carbocycles. The highest BCUT2D eigenvalue weighted by molar-refractivity contribution is 8.00. The topological polar surface area (TPSA) is 98.0 Å². The quantitative estimate of drug-likeness (QED) is 0.540. The Bertz CT molecular complexity index is 892. The van der Waals surface area contributed by atoms with Crippen molar-refractivity contribution in [2.75, 3.05) is 5.32 Å². The van der Waals surface area contributed by atoms with Crippen LogP contribution in [0.5, 0.6) is 0 Å². The van der Waals surface area contributed by atoms with Gasteiger partial charge in [0.05, 0.1) is 5.25 Å². The van der Waals surface area contributed by atoms with Gasteiger partial charge >= 0.3 is 0 Å². The van der Waals surface area contributed by atoms with Crippen molar-refractivity contribution >= 4 is 50.8 Å². The minimum atomic E-state index is -0.500. The summed E-state index contributed by atoms with van der Waals surface area (Å²) in [4.78, 5) is 32.8. The number of rotatable bonds is 5. The van der Waals surface area contributed by atoms with Gasteiger partial charge in [0.15, 0.2) is 0 Å².